The smallest absolute Gasteiger partial charge is 0.419 e. The van der Waals surface area contributed by atoms with Crippen LogP contribution < -0.4 is 0 Å². The lowest BCUT2D eigenvalue weighted by Gasteiger charge is -2.10. The fourth-order valence-electron chi connectivity index (χ4n) is 2.62. The van der Waals surface area contributed by atoms with Crippen molar-refractivity contribution in [2.45, 2.75) is 13.1 Å². The van der Waals surface area contributed by atoms with Crippen molar-refractivity contribution in [3.05, 3.63) is 71.4 Å². The van der Waals surface area contributed by atoms with Gasteiger partial charge in [-0.25, -0.2) is 9.38 Å². The number of rotatable bonds is 3. The molecule has 3 rings (SSSR count). The highest BCUT2D eigenvalue weighted by atomic mass is 19.4. The lowest BCUT2D eigenvalue weighted by molar-refractivity contribution is -0.139. The van der Waals surface area contributed by atoms with Gasteiger partial charge in [0.25, 0.3) is 0 Å². The third-order valence-corrected chi connectivity index (χ3v) is 3.95. The van der Waals surface area contributed by atoms with Crippen LogP contribution in [0.5, 0.6) is 5.75 Å². The van der Waals surface area contributed by atoms with Crippen LogP contribution in [-0.2, 0) is 6.18 Å². The summed E-state index contributed by atoms with van der Waals surface area (Å²) in [5.74, 6) is -1.81. The van der Waals surface area contributed by atoms with Crippen LogP contribution in [0.25, 0.3) is 11.3 Å². The van der Waals surface area contributed by atoms with Crippen molar-refractivity contribution >= 4 is 11.4 Å². The van der Waals surface area contributed by atoms with Gasteiger partial charge in [-0.1, -0.05) is 0 Å². The average molecular weight is 400 g/mol. The van der Waals surface area contributed by atoms with E-state index in [-0.39, 0.29) is 28.4 Å². The van der Waals surface area contributed by atoms with Crippen molar-refractivity contribution < 1.29 is 22.7 Å². The highest BCUT2D eigenvalue weighted by molar-refractivity contribution is 6.15. The standard InChI is InChI=1S/C20H12F4N4O/c1-11-8-12(4-6-26-11)18-19(29)14(5-7-27-18)17(10-25)28-13-2-3-16(21)15(9-13)20(22,23)24/h2-9,29H,1H3/b28-17+. The number of pyridine rings is 2. The van der Waals surface area contributed by atoms with Gasteiger partial charge in [0.15, 0.2) is 11.5 Å². The molecule has 0 aliphatic carbocycles. The van der Waals surface area contributed by atoms with Gasteiger partial charge in [0.05, 0.1) is 16.8 Å². The molecule has 1 N–H and O–H groups in total. The van der Waals surface area contributed by atoms with E-state index in [2.05, 4.69) is 15.0 Å². The molecule has 0 radical (unpaired) electrons. The highest BCUT2D eigenvalue weighted by Gasteiger charge is 2.34. The summed E-state index contributed by atoms with van der Waals surface area (Å²) < 4.78 is 52.2. The molecule has 1 aromatic carbocycles. The number of hydrogen-bond donors (Lipinski definition) is 1. The maximum absolute atomic E-state index is 13.5. The summed E-state index contributed by atoms with van der Waals surface area (Å²) in [6.07, 6.45) is -2.05. The van der Waals surface area contributed by atoms with Crippen LogP contribution in [0, 0.1) is 24.1 Å². The van der Waals surface area contributed by atoms with Crippen molar-refractivity contribution in [3.63, 3.8) is 0 Å². The van der Waals surface area contributed by atoms with Crippen LogP contribution in [0.15, 0.2) is 53.8 Å². The summed E-state index contributed by atoms with van der Waals surface area (Å²) in [5.41, 5.74) is -0.784. The minimum atomic E-state index is -4.91. The molecule has 0 aliphatic rings. The van der Waals surface area contributed by atoms with E-state index in [1.165, 1.54) is 18.5 Å². The number of aliphatic imine (C=N–C) groups is 1. The number of benzene rings is 1. The number of aromatic nitrogens is 2. The van der Waals surface area contributed by atoms with Crippen molar-refractivity contribution in [3.8, 4) is 23.1 Å². The van der Waals surface area contributed by atoms with E-state index < -0.39 is 17.6 Å². The molecule has 9 heteroatoms. The third kappa shape index (κ3) is 4.21. The predicted octanol–water partition coefficient (Wildman–Crippen LogP) is 4.96. The second-order valence-corrected chi connectivity index (χ2v) is 5.98. The summed E-state index contributed by atoms with van der Waals surface area (Å²) in [6, 6.07) is 8.46. The molecule has 0 amide bonds. The maximum Gasteiger partial charge on any atom is 0.419 e. The molecule has 146 valence electrons. The normalized spacial score (nSPS) is 11.9. The molecule has 0 saturated carbocycles. The molecule has 0 bridgehead atoms. The van der Waals surface area contributed by atoms with Gasteiger partial charge in [0.1, 0.15) is 17.6 Å². The monoisotopic (exact) mass is 400 g/mol. The molecular formula is C20H12F4N4O. The van der Waals surface area contributed by atoms with Crippen LogP contribution in [0.2, 0.25) is 0 Å². The summed E-state index contributed by atoms with van der Waals surface area (Å²) >= 11 is 0. The summed E-state index contributed by atoms with van der Waals surface area (Å²) in [5, 5.41) is 20.0. The molecule has 0 fully saturated rings. The third-order valence-electron chi connectivity index (χ3n) is 3.95. The Morgan fingerprint density at radius 2 is 1.83 bits per heavy atom. The zero-order valence-corrected chi connectivity index (χ0v) is 14.9. The van der Waals surface area contributed by atoms with Gasteiger partial charge in [-0.3, -0.25) is 9.97 Å². The number of aromatic hydroxyl groups is 1. The molecule has 0 atom stereocenters. The Kier molecular flexibility index (Phi) is 5.28. The predicted molar refractivity (Wildman–Crippen MR) is 97.1 cm³/mol. The minimum Gasteiger partial charge on any atom is -0.505 e. The second kappa shape index (κ2) is 7.67. The largest absolute Gasteiger partial charge is 0.505 e. The Balaban J connectivity index is 2.10. The van der Waals surface area contributed by atoms with E-state index in [1.807, 2.05) is 0 Å². The summed E-state index contributed by atoms with van der Waals surface area (Å²) in [7, 11) is 0. The van der Waals surface area contributed by atoms with Crippen molar-refractivity contribution in [2.75, 3.05) is 0 Å². The number of halogens is 4. The Morgan fingerprint density at radius 3 is 2.48 bits per heavy atom. The molecule has 0 unspecified atom stereocenters. The maximum atomic E-state index is 13.5. The number of aryl methyl sites for hydroxylation is 1. The molecule has 0 saturated heterocycles. The van der Waals surface area contributed by atoms with Crippen LogP contribution >= 0.6 is 0 Å². The van der Waals surface area contributed by atoms with E-state index in [1.54, 1.807) is 25.1 Å². The van der Waals surface area contributed by atoms with Gasteiger partial charge in [-0.2, -0.15) is 18.4 Å². The average Bonchev–Trinajstić information content (AvgIpc) is 2.67. The summed E-state index contributed by atoms with van der Waals surface area (Å²) in [4.78, 5) is 12.0. The molecule has 2 aromatic heterocycles. The fourth-order valence-corrected chi connectivity index (χ4v) is 2.62. The van der Waals surface area contributed by atoms with Gasteiger partial charge in [-0.05, 0) is 43.3 Å². The number of alkyl halides is 3. The Bertz CT molecular complexity index is 1150. The molecule has 0 spiro atoms. The fraction of sp³-hybridized carbons (Fsp3) is 0.100. The highest BCUT2D eigenvalue weighted by Crippen LogP contribution is 2.35. The molecule has 29 heavy (non-hydrogen) atoms. The van der Waals surface area contributed by atoms with E-state index >= 15 is 0 Å². The first-order valence-corrected chi connectivity index (χ1v) is 8.17. The van der Waals surface area contributed by atoms with Gasteiger partial charge in [0, 0.05) is 23.7 Å². The zero-order valence-electron chi connectivity index (χ0n) is 14.9. The first-order valence-electron chi connectivity index (χ1n) is 8.17. The lowest BCUT2D eigenvalue weighted by atomic mass is 10.0. The van der Waals surface area contributed by atoms with Crippen molar-refractivity contribution in [1.29, 1.82) is 5.26 Å². The van der Waals surface area contributed by atoms with E-state index in [0.717, 1.165) is 6.07 Å². The molecular weight excluding hydrogens is 388 g/mol. The minimum absolute atomic E-state index is 0.0233. The number of nitrogens with zero attached hydrogens (tertiary/aromatic N) is 4. The molecule has 0 aliphatic heterocycles. The van der Waals surface area contributed by atoms with Crippen molar-refractivity contribution in [2.24, 2.45) is 4.99 Å². The number of hydrogen-bond acceptors (Lipinski definition) is 5. The van der Waals surface area contributed by atoms with E-state index in [4.69, 9.17) is 0 Å². The first kappa shape index (κ1) is 19.9. The second-order valence-electron chi connectivity index (χ2n) is 5.98. The summed E-state index contributed by atoms with van der Waals surface area (Å²) in [6.45, 7) is 1.75. The van der Waals surface area contributed by atoms with Gasteiger partial charge >= 0.3 is 6.18 Å². The quantitative estimate of drug-likeness (QED) is 0.498. The molecule has 3 aromatic rings. The van der Waals surface area contributed by atoms with Gasteiger partial charge in [0.2, 0.25) is 0 Å². The SMILES string of the molecule is Cc1cc(-c2nccc(/C(C#N)=N/c3ccc(F)c(C(F)(F)F)c3)c2O)ccn1. The zero-order chi connectivity index (χ0) is 21.2. The Hall–Kier alpha value is -3.80. The van der Waals surface area contributed by atoms with Gasteiger partial charge in [-0.15, -0.1) is 0 Å². The first-order chi connectivity index (χ1) is 13.7. The number of nitriles is 1. The van der Waals surface area contributed by atoms with E-state index in [0.29, 0.717) is 23.4 Å². The van der Waals surface area contributed by atoms with Crippen LogP contribution in [0.4, 0.5) is 23.2 Å². The topological polar surface area (TPSA) is 82.2 Å². The lowest BCUT2D eigenvalue weighted by Crippen LogP contribution is -2.07. The molecule has 2 heterocycles. The van der Waals surface area contributed by atoms with Crippen LogP contribution in [-0.4, -0.2) is 20.8 Å². The van der Waals surface area contributed by atoms with Gasteiger partial charge < -0.3 is 5.11 Å². The Morgan fingerprint density at radius 1 is 1.10 bits per heavy atom. The van der Waals surface area contributed by atoms with E-state index in [9.17, 15) is 27.9 Å². The Labute approximate surface area is 162 Å². The van der Waals surface area contributed by atoms with Crippen LogP contribution in [0.3, 0.4) is 0 Å². The van der Waals surface area contributed by atoms with Crippen molar-refractivity contribution in [1.82, 2.24) is 9.97 Å². The van der Waals surface area contributed by atoms with Crippen LogP contribution in [0.1, 0.15) is 16.8 Å². The molecule has 5 nitrogen and oxygen atoms in total.